The molecule has 1 aliphatic heterocycles. The fourth-order valence-electron chi connectivity index (χ4n) is 3.16. The van der Waals surface area contributed by atoms with Crippen LogP contribution in [0.2, 0.25) is 0 Å². The highest BCUT2D eigenvalue weighted by Crippen LogP contribution is 2.34. The number of nitrogens with zero attached hydrogens (tertiary/aromatic N) is 1. The summed E-state index contributed by atoms with van der Waals surface area (Å²) in [6.07, 6.45) is -1.70. The van der Waals surface area contributed by atoms with Gasteiger partial charge in [-0.05, 0) is 24.5 Å². The molecule has 0 bridgehead atoms. The number of carbonyl (C=O) groups is 3. The second kappa shape index (κ2) is 11.7. The third kappa shape index (κ3) is 7.14. The highest BCUT2D eigenvalue weighted by Gasteiger charge is 2.49. The Kier molecular flexibility index (Phi) is 9.32. The Bertz CT molecular complexity index is 742. The zero-order valence-corrected chi connectivity index (χ0v) is 18.1. The van der Waals surface area contributed by atoms with Crippen molar-refractivity contribution in [2.24, 2.45) is 4.99 Å². The van der Waals surface area contributed by atoms with Crippen molar-refractivity contribution in [3.8, 4) is 0 Å². The molecule has 1 fully saturated rings. The van der Waals surface area contributed by atoms with Crippen LogP contribution in [-0.4, -0.2) is 66.8 Å². The molecule has 164 valence electrons. The molecule has 0 N–H and O–H groups in total. The van der Waals surface area contributed by atoms with Crippen molar-refractivity contribution < 1.29 is 33.3 Å². The molecule has 0 amide bonds. The summed E-state index contributed by atoms with van der Waals surface area (Å²) >= 11 is 1.45. The Morgan fingerprint density at radius 2 is 1.67 bits per heavy atom. The van der Waals surface area contributed by atoms with Gasteiger partial charge in [0.2, 0.25) is 0 Å². The molecule has 0 aromatic heterocycles. The van der Waals surface area contributed by atoms with Gasteiger partial charge in [0.05, 0.1) is 0 Å². The van der Waals surface area contributed by atoms with E-state index in [1.165, 1.54) is 32.5 Å². The fraction of sp³-hybridized carbons (Fsp3) is 0.524. The number of carbonyl (C=O) groups excluding carboxylic acids is 3. The van der Waals surface area contributed by atoms with Crippen molar-refractivity contribution in [3.63, 3.8) is 0 Å². The van der Waals surface area contributed by atoms with Crippen molar-refractivity contribution in [1.82, 2.24) is 0 Å². The number of hydrogen-bond acceptors (Lipinski definition) is 9. The van der Waals surface area contributed by atoms with E-state index in [9.17, 15) is 14.4 Å². The van der Waals surface area contributed by atoms with Crippen LogP contribution < -0.4 is 0 Å². The molecule has 8 nitrogen and oxygen atoms in total. The van der Waals surface area contributed by atoms with Gasteiger partial charge in [0.15, 0.2) is 12.2 Å². The van der Waals surface area contributed by atoms with Crippen molar-refractivity contribution in [2.75, 3.05) is 12.4 Å². The first-order valence-electron chi connectivity index (χ1n) is 9.56. The number of rotatable bonds is 9. The van der Waals surface area contributed by atoms with Crippen molar-refractivity contribution in [3.05, 3.63) is 35.9 Å². The van der Waals surface area contributed by atoms with E-state index in [0.717, 1.165) is 12.0 Å². The Labute approximate surface area is 180 Å². The number of ether oxygens (including phenoxy) is 4. The van der Waals surface area contributed by atoms with Crippen LogP contribution in [0.5, 0.6) is 0 Å². The van der Waals surface area contributed by atoms with Gasteiger partial charge in [-0.25, -0.2) is 0 Å². The molecular formula is C21H27NO7S. The van der Waals surface area contributed by atoms with E-state index in [1.54, 1.807) is 0 Å². The van der Waals surface area contributed by atoms with E-state index in [-0.39, 0.29) is 6.61 Å². The van der Waals surface area contributed by atoms with Crippen molar-refractivity contribution >= 4 is 36.4 Å². The average Bonchev–Trinajstić information content (AvgIpc) is 2.68. The lowest BCUT2D eigenvalue weighted by molar-refractivity contribution is -0.200. The van der Waals surface area contributed by atoms with E-state index >= 15 is 0 Å². The summed E-state index contributed by atoms with van der Waals surface area (Å²) in [5.74, 6) is -0.860. The summed E-state index contributed by atoms with van der Waals surface area (Å²) in [7, 11) is 0. The van der Waals surface area contributed by atoms with Crippen LogP contribution in [0.3, 0.4) is 0 Å². The number of benzene rings is 1. The molecule has 0 radical (unpaired) electrons. The van der Waals surface area contributed by atoms with Gasteiger partial charge in [0.25, 0.3) is 0 Å². The van der Waals surface area contributed by atoms with E-state index in [4.69, 9.17) is 18.9 Å². The van der Waals surface area contributed by atoms with Crippen LogP contribution >= 0.6 is 11.8 Å². The van der Waals surface area contributed by atoms with E-state index in [0.29, 0.717) is 5.75 Å². The van der Waals surface area contributed by atoms with Gasteiger partial charge in [0.1, 0.15) is 24.2 Å². The SMILES string of the molecule is C=NC1C(OC(C)=O)[C@@H](SCCc2ccccc2)OC(COC(C)=O)[C@@H]1OC(C)=O. The van der Waals surface area contributed by atoms with Crippen LogP contribution in [0, 0.1) is 0 Å². The molecule has 1 aliphatic rings. The summed E-state index contributed by atoms with van der Waals surface area (Å²) in [6.45, 7) is 7.29. The second-order valence-electron chi connectivity index (χ2n) is 6.77. The predicted octanol–water partition coefficient (Wildman–Crippen LogP) is 2.18. The monoisotopic (exact) mass is 437 g/mol. The van der Waals surface area contributed by atoms with E-state index < -0.39 is 47.7 Å². The molecule has 3 unspecified atom stereocenters. The summed E-state index contributed by atoms with van der Waals surface area (Å²) in [4.78, 5) is 38.7. The van der Waals surface area contributed by atoms with Gasteiger partial charge in [-0.3, -0.25) is 19.4 Å². The highest BCUT2D eigenvalue weighted by molar-refractivity contribution is 7.99. The Morgan fingerprint density at radius 1 is 1.03 bits per heavy atom. The Morgan fingerprint density at radius 3 is 2.23 bits per heavy atom. The molecular weight excluding hydrogens is 410 g/mol. The summed E-state index contributed by atoms with van der Waals surface area (Å²) in [5.41, 5.74) is 0.568. The number of thioether (sulfide) groups is 1. The van der Waals surface area contributed by atoms with Gasteiger partial charge in [-0.2, -0.15) is 0 Å². The van der Waals surface area contributed by atoms with E-state index in [1.807, 2.05) is 30.3 Å². The maximum atomic E-state index is 11.7. The maximum absolute atomic E-state index is 11.7. The van der Waals surface area contributed by atoms with Gasteiger partial charge in [0, 0.05) is 20.8 Å². The molecule has 1 aromatic carbocycles. The summed E-state index contributed by atoms with van der Waals surface area (Å²) in [5, 5.41) is 0. The predicted molar refractivity (Wildman–Crippen MR) is 112 cm³/mol. The highest BCUT2D eigenvalue weighted by atomic mass is 32.2. The smallest absolute Gasteiger partial charge is 0.303 e. The maximum Gasteiger partial charge on any atom is 0.303 e. The normalized spacial score (nSPS) is 25.8. The number of aliphatic imine (C=N–C) groups is 1. The second-order valence-corrected chi connectivity index (χ2v) is 7.98. The minimum absolute atomic E-state index is 0.123. The molecule has 9 heteroatoms. The van der Waals surface area contributed by atoms with Crippen LogP contribution in [0.1, 0.15) is 26.3 Å². The standard InChI is InChI=1S/C21H27NO7S/c1-13(23)26-12-17-19(27-14(2)24)18(22-4)20(28-15(3)25)21(29-17)30-11-10-16-8-6-5-7-9-16/h5-9,17-21H,4,10-12H2,1-3H3/t17?,18?,19-,20?,21+/m0/s1. The average molecular weight is 438 g/mol. The Balaban J connectivity index is 2.19. The van der Waals surface area contributed by atoms with E-state index in [2.05, 4.69) is 11.7 Å². The van der Waals surface area contributed by atoms with Gasteiger partial charge in [-0.15, -0.1) is 11.8 Å². The van der Waals surface area contributed by atoms with Crippen LogP contribution in [-0.2, 0) is 39.8 Å². The minimum Gasteiger partial charge on any atom is -0.463 e. The number of esters is 3. The van der Waals surface area contributed by atoms with Crippen LogP contribution in [0.25, 0.3) is 0 Å². The number of aryl methyl sites for hydroxylation is 1. The quantitative estimate of drug-likeness (QED) is 0.329. The molecule has 0 saturated carbocycles. The first-order valence-corrected chi connectivity index (χ1v) is 10.6. The molecule has 0 aliphatic carbocycles. The van der Waals surface area contributed by atoms with Crippen molar-refractivity contribution in [1.29, 1.82) is 0 Å². The molecule has 5 atom stereocenters. The lowest BCUT2D eigenvalue weighted by Gasteiger charge is -2.43. The zero-order chi connectivity index (χ0) is 22.1. The van der Waals surface area contributed by atoms with Crippen LogP contribution in [0.4, 0.5) is 0 Å². The largest absolute Gasteiger partial charge is 0.463 e. The fourth-order valence-corrected chi connectivity index (χ4v) is 4.38. The lowest BCUT2D eigenvalue weighted by atomic mass is 9.97. The third-order valence-electron chi connectivity index (χ3n) is 4.40. The first-order chi connectivity index (χ1) is 14.3. The molecule has 1 heterocycles. The summed E-state index contributed by atoms with van der Waals surface area (Å²) in [6, 6.07) is 9.18. The molecule has 2 rings (SSSR count). The third-order valence-corrected chi connectivity index (χ3v) is 5.55. The van der Waals surface area contributed by atoms with Gasteiger partial charge >= 0.3 is 17.9 Å². The molecule has 30 heavy (non-hydrogen) atoms. The molecule has 1 aromatic rings. The van der Waals surface area contributed by atoms with Crippen molar-refractivity contribution in [2.45, 2.75) is 57.0 Å². The van der Waals surface area contributed by atoms with Gasteiger partial charge < -0.3 is 18.9 Å². The lowest BCUT2D eigenvalue weighted by Crippen LogP contribution is -2.59. The zero-order valence-electron chi connectivity index (χ0n) is 17.3. The summed E-state index contributed by atoms with van der Waals surface area (Å²) < 4.78 is 22.0. The molecule has 1 saturated heterocycles. The van der Waals surface area contributed by atoms with Gasteiger partial charge in [-0.1, -0.05) is 30.3 Å². The topological polar surface area (TPSA) is 100 Å². The number of hydrogen-bond donors (Lipinski definition) is 0. The minimum atomic E-state index is -0.908. The molecule has 0 spiro atoms. The van der Waals surface area contributed by atoms with Crippen LogP contribution in [0.15, 0.2) is 35.3 Å². The first kappa shape index (κ1) is 23.9. The Hall–Kier alpha value is -2.39.